The Morgan fingerprint density at radius 2 is 1.83 bits per heavy atom. The average Bonchev–Trinajstić information content (AvgIpc) is 2.86. The Morgan fingerprint density at radius 1 is 1.12 bits per heavy atom. The van der Waals surface area contributed by atoms with Gasteiger partial charge >= 0.3 is 0 Å². The van der Waals surface area contributed by atoms with Gasteiger partial charge in [-0.25, -0.2) is 0 Å². The number of hydrogen-bond acceptors (Lipinski definition) is 4. The number of pyridine rings is 1. The molecule has 3 rings (SSSR count). The maximum absolute atomic E-state index is 12.8. The van der Waals surface area contributed by atoms with E-state index < -0.39 is 0 Å². The molecule has 0 saturated carbocycles. The molecule has 0 aliphatic carbocycles. The smallest absolute Gasteiger partial charge is 0.253 e. The van der Waals surface area contributed by atoms with Gasteiger partial charge in [0.25, 0.3) is 5.91 Å². The first kappa shape index (κ1) is 16.9. The Labute approximate surface area is 142 Å². The summed E-state index contributed by atoms with van der Waals surface area (Å²) in [6.45, 7) is 5.47. The van der Waals surface area contributed by atoms with E-state index >= 15 is 0 Å². The number of amides is 2. The lowest BCUT2D eigenvalue weighted by molar-refractivity contribution is -0.137. The van der Waals surface area contributed by atoms with Crippen molar-refractivity contribution in [1.82, 2.24) is 14.8 Å². The lowest BCUT2D eigenvalue weighted by Gasteiger charge is -2.34. The number of carbonyl (C=O) groups is 2. The van der Waals surface area contributed by atoms with Crippen LogP contribution in [0.1, 0.15) is 36.5 Å². The molecule has 130 valence electrons. The van der Waals surface area contributed by atoms with Crippen LogP contribution < -0.4 is 0 Å². The highest BCUT2D eigenvalue weighted by atomic mass is 16.5. The maximum atomic E-state index is 12.8. The minimum Gasteiger partial charge on any atom is -0.377 e. The highest BCUT2D eigenvalue weighted by molar-refractivity contribution is 5.94. The topological polar surface area (TPSA) is 62.7 Å². The van der Waals surface area contributed by atoms with Gasteiger partial charge in [0.05, 0.1) is 6.10 Å². The van der Waals surface area contributed by atoms with Gasteiger partial charge in [0.1, 0.15) is 0 Å². The molecular weight excluding hydrogens is 306 g/mol. The van der Waals surface area contributed by atoms with E-state index in [1.807, 2.05) is 16.7 Å². The van der Waals surface area contributed by atoms with E-state index in [-0.39, 0.29) is 23.8 Å². The van der Waals surface area contributed by atoms with Crippen LogP contribution in [0, 0.1) is 5.92 Å². The number of rotatable bonds is 2. The highest BCUT2D eigenvalue weighted by Gasteiger charge is 2.31. The molecule has 1 unspecified atom stereocenters. The second-order valence-corrected chi connectivity index (χ2v) is 6.62. The van der Waals surface area contributed by atoms with Crippen molar-refractivity contribution >= 4 is 11.8 Å². The fourth-order valence-electron chi connectivity index (χ4n) is 3.46. The predicted octanol–water partition coefficient (Wildman–Crippen LogP) is 1.57. The number of hydrogen-bond donors (Lipinski definition) is 0. The molecule has 6 nitrogen and oxygen atoms in total. The third kappa shape index (κ3) is 3.93. The molecular formula is C18H25N3O3. The van der Waals surface area contributed by atoms with Crippen LogP contribution in [0.3, 0.4) is 0 Å². The van der Waals surface area contributed by atoms with Crippen LogP contribution in [0.25, 0.3) is 0 Å². The second kappa shape index (κ2) is 7.75. The minimum absolute atomic E-state index is 0.0248. The quantitative estimate of drug-likeness (QED) is 0.825. The number of piperidine rings is 1. The van der Waals surface area contributed by atoms with Crippen LogP contribution in [0.4, 0.5) is 0 Å². The zero-order chi connectivity index (χ0) is 16.9. The van der Waals surface area contributed by atoms with Crippen molar-refractivity contribution in [3.05, 3.63) is 30.1 Å². The van der Waals surface area contributed by atoms with Gasteiger partial charge in [-0.2, -0.15) is 0 Å². The molecule has 0 bridgehead atoms. The van der Waals surface area contributed by atoms with E-state index in [1.54, 1.807) is 24.5 Å². The Bertz CT molecular complexity index is 570. The van der Waals surface area contributed by atoms with E-state index in [9.17, 15) is 9.59 Å². The summed E-state index contributed by atoms with van der Waals surface area (Å²) in [7, 11) is 0. The summed E-state index contributed by atoms with van der Waals surface area (Å²) in [6, 6.07) is 3.47. The number of likely N-dealkylation sites (tertiary alicyclic amines) is 1. The van der Waals surface area contributed by atoms with E-state index in [0.29, 0.717) is 25.2 Å². The molecule has 2 amide bonds. The predicted molar refractivity (Wildman–Crippen MR) is 89.5 cm³/mol. The van der Waals surface area contributed by atoms with Gasteiger partial charge in [-0.05, 0) is 38.3 Å². The summed E-state index contributed by atoms with van der Waals surface area (Å²) in [5.41, 5.74) is 0.660. The standard InChI is InChI=1S/C18H25N3O3/c1-14-13-21(9-2-12-24-14)18(23)16-5-10-20(11-6-16)17(22)15-3-7-19-8-4-15/h3-4,7-8,14,16H,2,5-6,9-13H2,1H3. The summed E-state index contributed by atoms with van der Waals surface area (Å²) < 4.78 is 5.62. The van der Waals surface area contributed by atoms with Crippen LogP contribution in [-0.4, -0.2) is 65.5 Å². The second-order valence-electron chi connectivity index (χ2n) is 6.62. The first-order valence-corrected chi connectivity index (χ1v) is 8.75. The average molecular weight is 331 g/mol. The van der Waals surface area contributed by atoms with Crippen molar-refractivity contribution in [1.29, 1.82) is 0 Å². The van der Waals surface area contributed by atoms with Crippen LogP contribution in [0.2, 0.25) is 0 Å². The first-order chi connectivity index (χ1) is 11.6. The zero-order valence-electron chi connectivity index (χ0n) is 14.2. The first-order valence-electron chi connectivity index (χ1n) is 8.75. The summed E-state index contributed by atoms with van der Waals surface area (Å²) >= 11 is 0. The molecule has 6 heteroatoms. The summed E-state index contributed by atoms with van der Waals surface area (Å²) in [4.78, 5) is 32.9. The molecule has 1 atom stereocenters. The van der Waals surface area contributed by atoms with Crippen LogP contribution in [0.5, 0.6) is 0 Å². The Morgan fingerprint density at radius 3 is 2.54 bits per heavy atom. The Kier molecular flexibility index (Phi) is 5.45. The normalized spacial score (nSPS) is 23.0. The van der Waals surface area contributed by atoms with E-state index in [0.717, 1.165) is 32.4 Å². The zero-order valence-corrected chi connectivity index (χ0v) is 14.2. The van der Waals surface area contributed by atoms with Crippen molar-refractivity contribution in [2.75, 3.05) is 32.8 Å². The number of ether oxygens (including phenoxy) is 1. The van der Waals surface area contributed by atoms with Crippen molar-refractivity contribution in [3.8, 4) is 0 Å². The van der Waals surface area contributed by atoms with Gasteiger partial charge in [-0.1, -0.05) is 0 Å². The van der Waals surface area contributed by atoms with Crippen molar-refractivity contribution < 1.29 is 14.3 Å². The molecule has 0 radical (unpaired) electrons. The molecule has 0 aromatic carbocycles. The van der Waals surface area contributed by atoms with Crippen molar-refractivity contribution in [3.63, 3.8) is 0 Å². The molecule has 2 aliphatic heterocycles. The van der Waals surface area contributed by atoms with E-state index in [2.05, 4.69) is 4.98 Å². The molecule has 1 aromatic rings. The number of carbonyl (C=O) groups excluding carboxylic acids is 2. The lowest BCUT2D eigenvalue weighted by Crippen LogP contribution is -2.45. The molecule has 2 aliphatic rings. The van der Waals surface area contributed by atoms with Crippen LogP contribution in [-0.2, 0) is 9.53 Å². The lowest BCUT2D eigenvalue weighted by atomic mass is 9.94. The van der Waals surface area contributed by atoms with Gasteiger partial charge in [0.15, 0.2) is 0 Å². The highest BCUT2D eigenvalue weighted by Crippen LogP contribution is 2.22. The van der Waals surface area contributed by atoms with Crippen molar-refractivity contribution in [2.24, 2.45) is 5.92 Å². The fraction of sp³-hybridized carbons (Fsp3) is 0.611. The van der Waals surface area contributed by atoms with Gasteiger partial charge in [0.2, 0.25) is 5.91 Å². The summed E-state index contributed by atoms with van der Waals surface area (Å²) in [5, 5.41) is 0. The molecule has 1 aromatic heterocycles. The number of aromatic nitrogens is 1. The molecule has 24 heavy (non-hydrogen) atoms. The Hall–Kier alpha value is -1.95. The van der Waals surface area contributed by atoms with Gasteiger partial charge < -0.3 is 14.5 Å². The van der Waals surface area contributed by atoms with Gasteiger partial charge in [-0.15, -0.1) is 0 Å². The minimum atomic E-state index is 0.0248. The fourth-order valence-corrected chi connectivity index (χ4v) is 3.46. The largest absolute Gasteiger partial charge is 0.377 e. The van der Waals surface area contributed by atoms with Gasteiger partial charge in [0, 0.05) is 56.7 Å². The number of nitrogens with zero attached hydrogens (tertiary/aromatic N) is 3. The third-order valence-electron chi connectivity index (χ3n) is 4.82. The molecule has 0 N–H and O–H groups in total. The molecule has 2 fully saturated rings. The van der Waals surface area contributed by atoms with Crippen LogP contribution in [0.15, 0.2) is 24.5 Å². The Balaban J connectivity index is 1.54. The van der Waals surface area contributed by atoms with Gasteiger partial charge in [-0.3, -0.25) is 14.6 Å². The van der Waals surface area contributed by atoms with E-state index in [1.165, 1.54) is 0 Å². The summed E-state index contributed by atoms with van der Waals surface area (Å²) in [5.74, 6) is 0.278. The summed E-state index contributed by atoms with van der Waals surface area (Å²) in [6.07, 6.45) is 5.74. The SMILES string of the molecule is CC1CN(C(=O)C2CCN(C(=O)c3ccncc3)CC2)CCCO1. The maximum Gasteiger partial charge on any atom is 0.253 e. The monoisotopic (exact) mass is 331 g/mol. The van der Waals surface area contributed by atoms with Crippen LogP contribution >= 0.6 is 0 Å². The molecule has 2 saturated heterocycles. The van der Waals surface area contributed by atoms with E-state index in [4.69, 9.17) is 4.74 Å². The molecule has 3 heterocycles. The van der Waals surface area contributed by atoms with Crippen molar-refractivity contribution in [2.45, 2.75) is 32.3 Å². The third-order valence-corrected chi connectivity index (χ3v) is 4.82. The molecule has 0 spiro atoms.